The summed E-state index contributed by atoms with van der Waals surface area (Å²) in [6.07, 6.45) is 2.91. The van der Waals surface area contributed by atoms with Gasteiger partial charge in [0.2, 0.25) is 0 Å². The fourth-order valence-electron chi connectivity index (χ4n) is 3.71. The van der Waals surface area contributed by atoms with E-state index in [2.05, 4.69) is 9.47 Å². The van der Waals surface area contributed by atoms with E-state index in [9.17, 15) is 13.2 Å². The molecule has 134 valence electrons. The summed E-state index contributed by atoms with van der Waals surface area (Å²) in [6, 6.07) is 13.7. The average molecular weight is 356 g/mol. The zero-order chi connectivity index (χ0) is 18.1. The lowest BCUT2D eigenvalue weighted by atomic mass is 10.00. The van der Waals surface area contributed by atoms with E-state index in [0.717, 1.165) is 36.8 Å². The molecule has 0 aliphatic carbocycles. The molecule has 2 nitrogen and oxygen atoms in total. The van der Waals surface area contributed by atoms with Gasteiger partial charge in [0.1, 0.15) is 17.5 Å². The number of halogens is 3. The van der Waals surface area contributed by atoms with Gasteiger partial charge >= 0.3 is 0 Å². The van der Waals surface area contributed by atoms with Crippen LogP contribution in [0.15, 0.2) is 60.8 Å². The van der Waals surface area contributed by atoms with Crippen molar-refractivity contribution in [3.05, 3.63) is 95.1 Å². The van der Waals surface area contributed by atoms with E-state index in [1.807, 2.05) is 18.3 Å². The highest BCUT2D eigenvalue weighted by molar-refractivity contribution is 5.32. The molecule has 2 heterocycles. The summed E-state index contributed by atoms with van der Waals surface area (Å²) in [5.41, 5.74) is 2.39. The van der Waals surface area contributed by atoms with Crippen molar-refractivity contribution in [1.29, 1.82) is 0 Å². The van der Waals surface area contributed by atoms with Crippen LogP contribution in [-0.2, 0) is 13.1 Å². The lowest BCUT2D eigenvalue weighted by Gasteiger charge is -2.31. The Bertz CT molecular complexity index is 902. The third-order valence-corrected chi connectivity index (χ3v) is 4.91. The van der Waals surface area contributed by atoms with Gasteiger partial charge in [-0.25, -0.2) is 13.2 Å². The summed E-state index contributed by atoms with van der Waals surface area (Å²) < 4.78 is 43.4. The second-order valence-electron chi connectivity index (χ2n) is 6.65. The molecule has 5 heteroatoms. The second-order valence-corrected chi connectivity index (χ2v) is 6.65. The molecule has 0 spiro atoms. The van der Waals surface area contributed by atoms with Gasteiger partial charge < -0.3 is 4.57 Å². The minimum atomic E-state index is -0.583. The highest BCUT2D eigenvalue weighted by atomic mass is 19.1. The molecule has 3 aromatic rings. The fraction of sp³-hybridized carbons (Fsp3) is 0.238. The van der Waals surface area contributed by atoms with Gasteiger partial charge in [-0.15, -0.1) is 0 Å². The molecule has 0 N–H and O–H groups in total. The van der Waals surface area contributed by atoms with Gasteiger partial charge in [-0.2, -0.15) is 0 Å². The van der Waals surface area contributed by atoms with Crippen LogP contribution in [-0.4, -0.2) is 16.0 Å². The van der Waals surface area contributed by atoms with E-state index >= 15 is 0 Å². The number of hydrogen-bond acceptors (Lipinski definition) is 1. The Morgan fingerprint density at radius 2 is 1.65 bits per heavy atom. The van der Waals surface area contributed by atoms with Gasteiger partial charge in [0.25, 0.3) is 0 Å². The maximum absolute atomic E-state index is 14.6. The van der Waals surface area contributed by atoms with E-state index in [1.165, 1.54) is 24.3 Å². The normalized spacial score (nSPS) is 17.7. The molecule has 0 radical (unpaired) electrons. The van der Waals surface area contributed by atoms with Crippen LogP contribution in [0.25, 0.3) is 0 Å². The standard InChI is InChI=1S/C21H19F3N2/c22-16-6-4-15(5-7-16)14-26-12-2-11-25-10-1-3-20(25)21(26)18-9-8-17(23)13-19(18)24/h1,3-10,13,21H,2,11-12,14H2/t21-/m1/s1. The molecule has 0 unspecified atom stereocenters. The van der Waals surface area contributed by atoms with Crippen molar-refractivity contribution in [3.63, 3.8) is 0 Å². The molecule has 0 saturated carbocycles. The summed E-state index contributed by atoms with van der Waals surface area (Å²) in [5.74, 6) is -1.41. The second kappa shape index (κ2) is 7.00. The lowest BCUT2D eigenvalue weighted by molar-refractivity contribution is 0.216. The predicted molar refractivity (Wildman–Crippen MR) is 94.1 cm³/mol. The van der Waals surface area contributed by atoms with E-state index in [0.29, 0.717) is 12.1 Å². The number of fused-ring (bicyclic) bond motifs is 1. The van der Waals surface area contributed by atoms with Crippen molar-refractivity contribution in [1.82, 2.24) is 9.47 Å². The SMILES string of the molecule is Fc1ccc(CN2CCCn3cccc3[C@H]2c2ccc(F)cc2F)cc1. The number of aromatic nitrogens is 1. The van der Waals surface area contributed by atoms with Crippen LogP contribution in [0.1, 0.15) is 29.3 Å². The van der Waals surface area contributed by atoms with Crippen LogP contribution in [0, 0.1) is 17.5 Å². The third kappa shape index (κ3) is 3.27. The minimum Gasteiger partial charge on any atom is -0.350 e. The fourth-order valence-corrected chi connectivity index (χ4v) is 3.71. The number of rotatable bonds is 3. The van der Waals surface area contributed by atoms with Gasteiger partial charge in [-0.1, -0.05) is 18.2 Å². The van der Waals surface area contributed by atoms with Crippen LogP contribution in [0.3, 0.4) is 0 Å². The Hall–Kier alpha value is -2.53. The van der Waals surface area contributed by atoms with Gasteiger partial charge in [-0.05, 0) is 42.3 Å². The molecule has 2 aromatic carbocycles. The van der Waals surface area contributed by atoms with Crippen molar-refractivity contribution in [2.45, 2.75) is 25.6 Å². The van der Waals surface area contributed by atoms with Crippen molar-refractivity contribution in [2.24, 2.45) is 0 Å². The Kier molecular flexibility index (Phi) is 4.55. The van der Waals surface area contributed by atoms with Crippen molar-refractivity contribution in [2.75, 3.05) is 6.54 Å². The molecule has 0 bridgehead atoms. The molecule has 0 fully saturated rings. The molecule has 4 rings (SSSR count). The maximum atomic E-state index is 14.6. The summed E-state index contributed by atoms with van der Waals surface area (Å²) in [4.78, 5) is 2.17. The number of nitrogens with zero attached hydrogens (tertiary/aromatic N) is 2. The van der Waals surface area contributed by atoms with Gasteiger partial charge in [0.05, 0.1) is 6.04 Å². The monoisotopic (exact) mass is 356 g/mol. The van der Waals surface area contributed by atoms with Crippen molar-refractivity contribution in [3.8, 4) is 0 Å². The summed E-state index contributed by atoms with van der Waals surface area (Å²) in [7, 11) is 0. The molecule has 26 heavy (non-hydrogen) atoms. The predicted octanol–water partition coefficient (Wildman–Crippen LogP) is 4.90. The average Bonchev–Trinajstić information content (AvgIpc) is 3.00. The van der Waals surface area contributed by atoms with Crippen molar-refractivity contribution < 1.29 is 13.2 Å². The molecule has 1 aromatic heterocycles. The zero-order valence-electron chi connectivity index (χ0n) is 14.2. The quantitative estimate of drug-likeness (QED) is 0.648. The molecule has 1 aliphatic rings. The Morgan fingerprint density at radius 1 is 0.885 bits per heavy atom. The first-order valence-electron chi connectivity index (χ1n) is 8.70. The van der Waals surface area contributed by atoms with Crippen LogP contribution >= 0.6 is 0 Å². The van der Waals surface area contributed by atoms with Crippen LogP contribution in [0.5, 0.6) is 0 Å². The van der Waals surface area contributed by atoms with Crippen LogP contribution < -0.4 is 0 Å². The zero-order valence-corrected chi connectivity index (χ0v) is 14.2. The molecule has 0 saturated heterocycles. The molecular formula is C21H19F3N2. The topological polar surface area (TPSA) is 8.17 Å². The largest absolute Gasteiger partial charge is 0.350 e. The van der Waals surface area contributed by atoms with Crippen LogP contribution in [0.2, 0.25) is 0 Å². The first-order valence-corrected chi connectivity index (χ1v) is 8.70. The summed E-state index contributed by atoms with van der Waals surface area (Å²) in [5, 5.41) is 0. The molecule has 1 aliphatic heterocycles. The number of aryl methyl sites for hydroxylation is 1. The van der Waals surface area contributed by atoms with Gasteiger partial charge in [0, 0.05) is 43.2 Å². The molecule has 0 amide bonds. The number of benzene rings is 2. The first-order chi connectivity index (χ1) is 12.6. The Morgan fingerprint density at radius 3 is 2.42 bits per heavy atom. The number of hydrogen-bond donors (Lipinski definition) is 0. The smallest absolute Gasteiger partial charge is 0.131 e. The van der Waals surface area contributed by atoms with Crippen molar-refractivity contribution >= 4 is 0 Å². The highest BCUT2D eigenvalue weighted by Gasteiger charge is 2.29. The third-order valence-electron chi connectivity index (χ3n) is 4.91. The first kappa shape index (κ1) is 16.9. The summed E-state index contributed by atoms with van der Waals surface area (Å²) in [6.45, 7) is 2.18. The van der Waals surface area contributed by atoms with Gasteiger partial charge in [0.15, 0.2) is 0 Å². The maximum Gasteiger partial charge on any atom is 0.131 e. The Labute approximate surface area is 150 Å². The van der Waals surface area contributed by atoms with E-state index in [4.69, 9.17) is 0 Å². The highest BCUT2D eigenvalue weighted by Crippen LogP contribution is 2.34. The lowest BCUT2D eigenvalue weighted by Crippen LogP contribution is -2.30. The van der Waals surface area contributed by atoms with E-state index in [-0.39, 0.29) is 11.9 Å². The minimum absolute atomic E-state index is 0.278. The summed E-state index contributed by atoms with van der Waals surface area (Å²) >= 11 is 0. The van der Waals surface area contributed by atoms with Crippen LogP contribution in [0.4, 0.5) is 13.2 Å². The molecule has 1 atom stereocenters. The van der Waals surface area contributed by atoms with E-state index in [1.54, 1.807) is 12.1 Å². The van der Waals surface area contributed by atoms with E-state index < -0.39 is 11.6 Å². The molecular weight excluding hydrogens is 337 g/mol. The Balaban J connectivity index is 1.76. The van der Waals surface area contributed by atoms with Gasteiger partial charge in [-0.3, -0.25) is 4.90 Å².